The van der Waals surface area contributed by atoms with E-state index in [1.807, 2.05) is 24.3 Å². The van der Waals surface area contributed by atoms with E-state index in [4.69, 9.17) is 11.5 Å². The molecule has 4 N–H and O–H groups in total. The molecule has 1 heterocycles. The lowest BCUT2D eigenvalue weighted by Crippen LogP contribution is -2.14. The second-order valence-electron chi connectivity index (χ2n) is 3.91. The Kier molecular flexibility index (Phi) is 3.23. The van der Waals surface area contributed by atoms with Gasteiger partial charge in [-0.2, -0.15) is 0 Å². The predicted octanol–water partition coefficient (Wildman–Crippen LogP) is 1.39. The lowest BCUT2D eigenvalue weighted by atomic mass is 10.0. The minimum atomic E-state index is -0.563. The van der Waals surface area contributed by atoms with Crippen molar-refractivity contribution in [1.29, 1.82) is 0 Å². The Morgan fingerprint density at radius 3 is 2.83 bits per heavy atom. The number of amides is 1. The Hall–Kier alpha value is -2.43. The Bertz CT molecular complexity index is 595. The molecular formula is C13H14N4O. The van der Waals surface area contributed by atoms with Gasteiger partial charge in [0.15, 0.2) is 0 Å². The molecule has 0 spiro atoms. The van der Waals surface area contributed by atoms with Crippen LogP contribution >= 0.6 is 0 Å². The summed E-state index contributed by atoms with van der Waals surface area (Å²) in [5.74, 6) is -0.441. The van der Waals surface area contributed by atoms with Gasteiger partial charge in [0.1, 0.15) is 0 Å². The molecular weight excluding hydrogens is 228 g/mol. The van der Waals surface area contributed by atoms with Crippen molar-refractivity contribution in [2.75, 3.05) is 5.73 Å². The van der Waals surface area contributed by atoms with Crippen LogP contribution in [0.3, 0.4) is 0 Å². The summed E-state index contributed by atoms with van der Waals surface area (Å²) in [6.07, 6.45) is 2.26. The van der Waals surface area contributed by atoms with Crippen LogP contribution in [-0.2, 0) is 6.42 Å². The largest absolute Gasteiger partial charge is 0.368 e. The fourth-order valence-corrected chi connectivity index (χ4v) is 1.73. The molecule has 0 radical (unpaired) electrons. The maximum atomic E-state index is 11.4. The van der Waals surface area contributed by atoms with Crippen molar-refractivity contribution in [2.24, 2.45) is 5.73 Å². The van der Waals surface area contributed by atoms with Crippen molar-refractivity contribution in [3.05, 3.63) is 41.6 Å². The molecule has 5 nitrogen and oxygen atoms in total. The first-order valence-electron chi connectivity index (χ1n) is 5.63. The summed E-state index contributed by atoms with van der Waals surface area (Å²) in [7, 11) is 0. The summed E-state index contributed by atoms with van der Waals surface area (Å²) >= 11 is 0. The molecule has 1 aromatic heterocycles. The van der Waals surface area contributed by atoms with Gasteiger partial charge in [-0.15, -0.1) is 0 Å². The van der Waals surface area contributed by atoms with Crippen molar-refractivity contribution in [1.82, 2.24) is 9.97 Å². The van der Waals surface area contributed by atoms with Gasteiger partial charge in [0, 0.05) is 11.8 Å². The zero-order chi connectivity index (χ0) is 13.1. The number of rotatable bonds is 3. The van der Waals surface area contributed by atoms with E-state index in [1.54, 1.807) is 0 Å². The number of carbonyl (C=O) groups is 1. The van der Waals surface area contributed by atoms with Crippen molar-refractivity contribution in [2.45, 2.75) is 13.3 Å². The Morgan fingerprint density at radius 2 is 2.17 bits per heavy atom. The van der Waals surface area contributed by atoms with E-state index in [2.05, 4.69) is 16.9 Å². The van der Waals surface area contributed by atoms with Crippen molar-refractivity contribution >= 4 is 11.9 Å². The number of carbonyl (C=O) groups excluding carboxylic acids is 1. The number of nitrogens with zero attached hydrogens (tertiary/aromatic N) is 2. The minimum absolute atomic E-state index is 0.122. The Balaban J connectivity index is 2.61. The molecule has 2 rings (SSSR count). The number of aromatic nitrogens is 2. The summed E-state index contributed by atoms with van der Waals surface area (Å²) in [6, 6.07) is 7.76. The first-order valence-corrected chi connectivity index (χ1v) is 5.63. The second kappa shape index (κ2) is 4.83. The molecule has 0 saturated carbocycles. The summed E-state index contributed by atoms with van der Waals surface area (Å²) in [6.45, 7) is 2.06. The molecule has 1 aromatic carbocycles. The van der Waals surface area contributed by atoms with E-state index in [-0.39, 0.29) is 11.5 Å². The van der Waals surface area contributed by atoms with E-state index >= 15 is 0 Å². The molecule has 0 aliphatic rings. The van der Waals surface area contributed by atoms with Crippen molar-refractivity contribution in [3.63, 3.8) is 0 Å². The smallest absolute Gasteiger partial charge is 0.252 e. The van der Waals surface area contributed by atoms with Gasteiger partial charge in [0.25, 0.3) is 5.91 Å². The van der Waals surface area contributed by atoms with Crippen LogP contribution in [0.4, 0.5) is 5.95 Å². The highest BCUT2D eigenvalue weighted by molar-refractivity contribution is 5.98. The fourth-order valence-electron chi connectivity index (χ4n) is 1.73. The van der Waals surface area contributed by atoms with Crippen molar-refractivity contribution < 1.29 is 4.79 Å². The summed E-state index contributed by atoms with van der Waals surface area (Å²) in [5, 5.41) is 0. The number of nitrogens with two attached hydrogens (primary N) is 2. The molecule has 0 fully saturated rings. The number of hydrogen-bond donors (Lipinski definition) is 2. The molecule has 0 atom stereocenters. The SMILES string of the molecule is CCc1cccc(-c2nc(N)ncc2C(N)=O)c1. The summed E-state index contributed by atoms with van der Waals surface area (Å²) in [5.41, 5.74) is 13.6. The molecule has 1 amide bonds. The van der Waals surface area contributed by atoms with Crippen LogP contribution in [-0.4, -0.2) is 15.9 Å². The van der Waals surface area contributed by atoms with Gasteiger partial charge in [-0.1, -0.05) is 25.1 Å². The Labute approximate surface area is 105 Å². The molecule has 0 saturated heterocycles. The molecule has 18 heavy (non-hydrogen) atoms. The summed E-state index contributed by atoms with van der Waals surface area (Å²) < 4.78 is 0. The average Bonchev–Trinajstić information content (AvgIpc) is 2.38. The van der Waals surface area contributed by atoms with Crippen LogP contribution in [0.2, 0.25) is 0 Å². The highest BCUT2D eigenvalue weighted by Crippen LogP contribution is 2.22. The number of primary amides is 1. The topological polar surface area (TPSA) is 94.9 Å². The maximum Gasteiger partial charge on any atom is 0.252 e. The van der Waals surface area contributed by atoms with E-state index < -0.39 is 5.91 Å². The normalized spacial score (nSPS) is 10.3. The number of nitrogen functional groups attached to an aromatic ring is 1. The molecule has 0 aliphatic heterocycles. The number of anilines is 1. The molecule has 5 heteroatoms. The van der Waals surface area contributed by atoms with Gasteiger partial charge in [-0.05, 0) is 18.1 Å². The molecule has 92 valence electrons. The van der Waals surface area contributed by atoms with E-state index in [1.165, 1.54) is 6.20 Å². The third kappa shape index (κ3) is 2.29. The minimum Gasteiger partial charge on any atom is -0.368 e. The fraction of sp³-hybridized carbons (Fsp3) is 0.154. The third-order valence-electron chi connectivity index (χ3n) is 2.68. The first-order chi connectivity index (χ1) is 8.61. The monoisotopic (exact) mass is 242 g/mol. The molecule has 0 bridgehead atoms. The molecule has 0 unspecified atom stereocenters. The van der Waals surface area contributed by atoms with Crippen molar-refractivity contribution in [3.8, 4) is 11.3 Å². The summed E-state index contributed by atoms with van der Waals surface area (Å²) in [4.78, 5) is 19.3. The van der Waals surface area contributed by atoms with Crippen LogP contribution < -0.4 is 11.5 Å². The Morgan fingerprint density at radius 1 is 1.39 bits per heavy atom. The zero-order valence-electron chi connectivity index (χ0n) is 10.1. The van der Waals surface area contributed by atoms with Crippen LogP contribution in [0, 0.1) is 0 Å². The third-order valence-corrected chi connectivity index (χ3v) is 2.68. The average molecular weight is 242 g/mol. The first kappa shape index (κ1) is 12.0. The van der Waals surface area contributed by atoms with Crippen LogP contribution in [0.1, 0.15) is 22.8 Å². The molecule has 2 aromatic rings. The highest BCUT2D eigenvalue weighted by atomic mass is 16.1. The second-order valence-corrected chi connectivity index (χ2v) is 3.91. The van der Waals surface area contributed by atoms with E-state index in [9.17, 15) is 4.79 Å². The predicted molar refractivity (Wildman–Crippen MR) is 69.8 cm³/mol. The van der Waals surface area contributed by atoms with Gasteiger partial charge >= 0.3 is 0 Å². The number of aryl methyl sites for hydroxylation is 1. The van der Waals surface area contributed by atoms with Gasteiger partial charge < -0.3 is 11.5 Å². The van der Waals surface area contributed by atoms with E-state index in [0.29, 0.717) is 5.69 Å². The zero-order valence-corrected chi connectivity index (χ0v) is 10.1. The van der Waals surface area contributed by atoms with Gasteiger partial charge in [0.2, 0.25) is 5.95 Å². The van der Waals surface area contributed by atoms with Crippen LogP contribution in [0.25, 0.3) is 11.3 Å². The van der Waals surface area contributed by atoms with E-state index in [0.717, 1.165) is 17.5 Å². The lowest BCUT2D eigenvalue weighted by Gasteiger charge is -2.07. The quantitative estimate of drug-likeness (QED) is 0.850. The lowest BCUT2D eigenvalue weighted by molar-refractivity contribution is 0.100. The van der Waals surface area contributed by atoms with Gasteiger partial charge in [-0.3, -0.25) is 4.79 Å². The standard InChI is InChI=1S/C13H14N4O/c1-2-8-4-3-5-9(6-8)11-10(12(14)18)7-16-13(15)17-11/h3-7H,2H2,1H3,(H2,14,18)(H2,15,16,17). The van der Waals surface area contributed by atoms with Crippen LogP contribution in [0.5, 0.6) is 0 Å². The van der Waals surface area contributed by atoms with Crippen LogP contribution in [0.15, 0.2) is 30.5 Å². The molecule has 0 aliphatic carbocycles. The van der Waals surface area contributed by atoms with Gasteiger partial charge in [-0.25, -0.2) is 9.97 Å². The maximum absolute atomic E-state index is 11.4. The highest BCUT2D eigenvalue weighted by Gasteiger charge is 2.13. The number of benzene rings is 1. The van der Waals surface area contributed by atoms with Gasteiger partial charge in [0.05, 0.1) is 11.3 Å². The number of hydrogen-bond acceptors (Lipinski definition) is 4.